The van der Waals surface area contributed by atoms with Gasteiger partial charge in [0.25, 0.3) is 5.91 Å². The minimum Gasteiger partial charge on any atom is -0.367 e. The highest BCUT2D eigenvalue weighted by atomic mass is 16.1. The van der Waals surface area contributed by atoms with E-state index in [9.17, 15) is 4.79 Å². The van der Waals surface area contributed by atoms with Crippen LogP contribution in [0.1, 0.15) is 47.4 Å². The maximum Gasteiger partial charge on any atom is 0.270 e. The summed E-state index contributed by atoms with van der Waals surface area (Å²) >= 11 is 0. The van der Waals surface area contributed by atoms with Crippen LogP contribution in [0.3, 0.4) is 0 Å². The summed E-state index contributed by atoms with van der Waals surface area (Å²) < 4.78 is 0. The molecule has 150 valence electrons. The molecule has 29 heavy (non-hydrogen) atoms. The molecule has 0 saturated carbocycles. The van der Waals surface area contributed by atoms with E-state index in [1.807, 2.05) is 44.2 Å². The van der Waals surface area contributed by atoms with E-state index in [2.05, 4.69) is 45.2 Å². The monoisotopic (exact) mass is 388 g/mol. The molecule has 1 saturated heterocycles. The van der Waals surface area contributed by atoms with E-state index >= 15 is 0 Å². The Morgan fingerprint density at radius 2 is 1.83 bits per heavy atom. The molecule has 0 unspecified atom stereocenters. The fourth-order valence-electron chi connectivity index (χ4n) is 3.99. The first-order chi connectivity index (χ1) is 14.1. The molecular formula is C24H28N4O. The number of benzene rings is 2. The average molecular weight is 389 g/mol. The lowest BCUT2D eigenvalue weighted by Gasteiger charge is -2.24. The van der Waals surface area contributed by atoms with Crippen LogP contribution in [0.4, 0.5) is 5.82 Å². The zero-order chi connectivity index (χ0) is 20.2. The van der Waals surface area contributed by atoms with Gasteiger partial charge in [-0.1, -0.05) is 48.5 Å². The van der Waals surface area contributed by atoms with Crippen LogP contribution in [0, 0.1) is 6.92 Å². The number of hydrogen-bond acceptors (Lipinski definition) is 4. The molecule has 1 amide bonds. The van der Waals surface area contributed by atoms with Crippen molar-refractivity contribution in [2.75, 3.05) is 18.4 Å². The van der Waals surface area contributed by atoms with Crippen LogP contribution in [-0.2, 0) is 0 Å². The first-order valence-corrected chi connectivity index (χ1v) is 10.4. The second-order valence-electron chi connectivity index (χ2n) is 7.79. The Bertz CT molecular complexity index is 1010. The Balaban J connectivity index is 1.52. The lowest BCUT2D eigenvalue weighted by molar-refractivity contribution is 0.0934. The fraction of sp³-hybridized carbons (Fsp3) is 0.333. The Morgan fingerprint density at radius 1 is 1.07 bits per heavy atom. The Labute approximate surface area is 171 Å². The van der Waals surface area contributed by atoms with Crippen LogP contribution >= 0.6 is 0 Å². The molecule has 0 bridgehead atoms. The molecule has 1 aliphatic heterocycles. The highest BCUT2D eigenvalue weighted by molar-refractivity contribution is 5.95. The predicted molar refractivity (Wildman–Crippen MR) is 118 cm³/mol. The average Bonchev–Trinajstić information content (AvgIpc) is 2.75. The molecule has 3 aromatic rings. The molecule has 1 aliphatic rings. The van der Waals surface area contributed by atoms with Gasteiger partial charge < -0.3 is 16.0 Å². The zero-order valence-corrected chi connectivity index (χ0v) is 17.0. The SMILES string of the molecule is Cc1ccc(NC2CCNCC2)nc1C(=O)N[C@H](C)c1cccc2ccccc12. The van der Waals surface area contributed by atoms with Crippen molar-refractivity contribution in [1.82, 2.24) is 15.6 Å². The van der Waals surface area contributed by atoms with E-state index in [1.54, 1.807) is 0 Å². The minimum atomic E-state index is -0.142. The van der Waals surface area contributed by atoms with Gasteiger partial charge in [-0.3, -0.25) is 4.79 Å². The summed E-state index contributed by atoms with van der Waals surface area (Å²) in [5.74, 6) is 0.627. The maximum atomic E-state index is 13.0. The van der Waals surface area contributed by atoms with Crippen molar-refractivity contribution in [3.63, 3.8) is 0 Å². The van der Waals surface area contributed by atoms with E-state index in [0.717, 1.165) is 48.3 Å². The van der Waals surface area contributed by atoms with Crippen LogP contribution in [0.25, 0.3) is 10.8 Å². The van der Waals surface area contributed by atoms with Crippen molar-refractivity contribution in [2.24, 2.45) is 0 Å². The van der Waals surface area contributed by atoms with Gasteiger partial charge in [-0.05, 0) is 67.7 Å². The Kier molecular flexibility index (Phi) is 5.76. The first-order valence-electron chi connectivity index (χ1n) is 10.4. The van der Waals surface area contributed by atoms with Gasteiger partial charge in [0.05, 0.1) is 6.04 Å². The summed E-state index contributed by atoms with van der Waals surface area (Å²) in [5.41, 5.74) is 2.47. The van der Waals surface area contributed by atoms with Crippen molar-refractivity contribution in [2.45, 2.75) is 38.8 Å². The number of aryl methyl sites for hydroxylation is 1. The van der Waals surface area contributed by atoms with Gasteiger partial charge >= 0.3 is 0 Å². The van der Waals surface area contributed by atoms with Gasteiger partial charge in [-0.25, -0.2) is 4.98 Å². The summed E-state index contributed by atoms with van der Waals surface area (Å²) in [5, 5.41) is 12.3. The van der Waals surface area contributed by atoms with E-state index < -0.39 is 0 Å². The number of pyridine rings is 1. The lowest BCUT2D eigenvalue weighted by atomic mass is 9.99. The number of carbonyl (C=O) groups excluding carboxylic acids is 1. The van der Waals surface area contributed by atoms with Crippen LogP contribution in [0.2, 0.25) is 0 Å². The highest BCUT2D eigenvalue weighted by Gasteiger charge is 2.18. The Hall–Kier alpha value is -2.92. The molecule has 4 rings (SSSR count). The number of anilines is 1. The first kappa shape index (κ1) is 19.4. The predicted octanol–water partition coefficient (Wildman–Crippen LogP) is 4.20. The van der Waals surface area contributed by atoms with Crippen molar-refractivity contribution >= 4 is 22.5 Å². The second kappa shape index (κ2) is 8.62. The van der Waals surface area contributed by atoms with E-state index in [1.165, 1.54) is 5.39 Å². The quantitative estimate of drug-likeness (QED) is 0.613. The summed E-state index contributed by atoms with van der Waals surface area (Å²) in [6.45, 7) is 5.98. The smallest absolute Gasteiger partial charge is 0.270 e. The number of carbonyl (C=O) groups is 1. The third-order valence-corrected chi connectivity index (χ3v) is 5.64. The minimum absolute atomic E-state index is 0.115. The number of rotatable bonds is 5. The van der Waals surface area contributed by atoms with Crippen molar-refractivity contribution in [3.05, 3.63) is 71.4 Å². The summed E-state index contributed by atoms with van der Waals surface area (Å²) in [6, 6.07) is 18.7. The molecule has 1 aromatic heterocycles. The molecule has 0 aliphatic carbocycles. The normalized spacial score (nSPS) is 15.8. The van der Waals surface area contributed by atoms with Crippen LogP contribution in [0.15, 0.2) is 54.6 Å². The molecule has 0 radical (unpaired) electrons. The number of aromatic nitrogens is 1. The molecular weight excluding hydrogens is 360 g/mol. The molecule has 5 heteroatoms. The lowest BCUT2D eigenvalue weighted by Crippen LogP contribution is -2.35. The van der Waals surface area contributed by atoms with E-state index in [4.69, 9.17) is 0 Å². The molecule has 0 spiro atoms. The largest absolute Gasteiger partial charge is 0.367 e. The summed E-state index contributed by atoms with van der Waals surface area (Å²) in [4.78, 5) is 17.7. The molecule has 1 atom stereocenters. The van der Waals surface area contributed by atoms with Crippen LogP contribution in [0.5, 0.6) is 0 Å². The fourth-order valence-corrected chi connectivity index (χ4v) is 3.99. The number of nitrogens with one attached hydrogen (secondary N) is 3. The van der Waals surface area contributed by atoms with Gasteiger partial charge in [0.15, 0.2) is 0 Å². The van der Waals surface area contributed by atoms with Crippen molar-refractivity contribution in [3.8, 4) is 0 Å². The molecule has 2 heterocycles. The number of hydrogen-bond donors (Lipinski definition) is 3. The second-order valence-corrected chi connectivity index (χ2v) is 7.79. The molecule has 1 fully saturated rings. The van der Waals surface area contributed by atoms with Crippen molar-refractivity contribution < 1.29 is 4.79 Å². The molecule has 2 aromatic carbocycles. The topological polar surface area (TPSA) is 66.0 Å². The molecule has 5 nitrogen and oxygen atoms in total. The number of piperidine rings is 1. The number of amides is 1. The standard InChI is InChI=1S/C24H28N4O/c1-16-10-11-22(27-19-12-14-25-15-13-19)28-23(16)24(29)26-17(2)20-9-5-7-18-6-3-4-8-21(18)20/h3-11,17,19,25H,12-15H2,1-2H3,(H,26,29)(H,27,28)/t17-/m1/s1. The maximum absolute atomic E-state index is 13.0. The van der Waals surface area contributed by atoms with Crippen molar-refractivity contribution in [1.29, 1.82) is 0 Å². The summed E-state index contributed by atoms with van der Waals surface area (Å²) in [6.07, 6.45) is 2.13. The molecule has 3 N–H and O–H groups in total. The number of nitrogens with zero attached hydrogens (tertiary/aromatic N) is 1. The summed E-state index contributed by atoms with van der Waals surface area (Å²) in [7, 11) is 0. The van der Waals surface area contributed by atoms with Gasteiger partial charge in [0.1, 0.15) is 11.5 Å². The van der Waals surface area contributed by atoms with E-state index in [0.29, 0.717) is 11.7 Å². The van der Waals surface area contributed by atoms with Gasteiger partial charge in [-0.15, -0.1) is 0 Å². The zero-order valence-electron chi connectivity index (χ0n) is 17.0. The third kappa shape index (κ3) is 4.40. The number of fused-ring (bicyclic) bond motifs is 1. The van der Waals surface area contributed by atoms with Gasteiger partial charge in [0.2, 0.25) is 0 Å². The third-order valence-electron chi connectivity index (χ3n) is 5.64. The van der Waals surface area contributed by atoms with Gasteiger partial charge in [-0.2, -0.15) is 0 Å². The Morgan fingerprint density at radius 3 is 2.66 bits per heavy atom. The van der Waals surface area contributed by atoms with Gasteiger partial charge in [0, 0.05) is 6.04 Å². The highest BCUT2D eigenvalue weighted by Crippen LogP contribution is 2.24. The van der Waals surface area contributed by atoms with E-state index in [-0.39, 0.29) is 11.9 Å². The van der Waals surface area contributed by atoms with Crippen LogP contribution in [-0.4, -0.2) is 30.0 Å². The van der Waals surface area contributed by atoms with Crippen LogP contribution < -0.4 is 16.0 Å².